The number of nitrogens with one attached hydrogen (secondary N) is 1. The fourth-order valence-electron chi connectivity index (χ4n) is 1.83. The van der Waals surface area contributed by atoms with Crippen molar-refractivity contribution in [3.05, 3.63) is 82.1 Å². The normalized spacial score (nSPS) is 11.7. The van der Waals surface area contributed by atoms with Crippen LogP contribution in [0.25, 0.3) is 0 Å². The standard InChI is InChI=1S/C16H17N3O/c1-12-7-9-14(10-8-12)18-16(17)15(19-20)11-13-5-3-2-4-6-13/h2-10,18H,11,17H2,1H3. The number of rotatable bonds is 5. The Kier molecular flexibility index (Phi) is 4.50. The number of aryl methyl sites for hydroxylation is 1. The van der Waals surface area contributed by atoms with E-state index in [-0.39, 0.29) is 5.82 Å². The average Bonchev–Trinajstić information content (AvgIpc) is 2.48. The van der Waals surface area contributed by atoms with E-state index in [9.17, 15) is 4.91 Å². The van der Waals surface area contributed by atoms with Crippen molar-refractivity contribution in [3.8, 4) is 0 Å². The van der Waals surface area contributed by atoms with E-state index in [1.807, 2.05) is 61.5 Å². The molecule has 2 rings (SSSR count). The monoisotopic (exact) mass is 267 g/mol. The van der Waals surface area contributed by atoms with Crippen LogP contribution >= 0.6 is 0 Å². The number of hydrogen-bond acceptors (Lipinski definition) is 4. The molecule has 0 unspecified atom stereocenters. The van der Waals surface area contributed by atoms with Crippen LogP contribution in [0.2, 0.25) is 0 Å². The van der Waals surface area contributed by atoms with Gasteiger partial charge < -0.3 is 11.1 Å². The highest BCUT2D eigenvalue weighted by atomic mass is 16.3. The molecule has 0 amide bonds. The maximum atomic E-state index is 11.0. The van der Waals surface area contributed by atoms with Crippen molar-refractivity contribution in [2.75, 3.05) is 5.32 Å². The van der Waals surface area contributed by atoms with Crippen LogP contribution in [0.3, 0.4) is 0 Å². The van der Waals surface area contributed by atoms with E-state index in [1.165, 1.54) is 0 Å². The molecule has 0 saturated heterocycles. The van der Waals surface area contributed by atoms with Gasteiger partial charge in [0.15, 0.2) is 0 Å². The molecule has 2 aromatic rings. The van der Waals surface area contributed by atoms with Crippen molar-refractivity contribution in [1.29, 1.82) is 0 Å². The zero-order chi connectivity index (χ0) is 14.4. The average molecular weight is 267 g/mol. The summed E-state index contributed by atoms with van der Waals surface area (Å²) in [7, 11) is 0. The fourth-order valence-corrected chi connectivity index (χ4v) is 1.83. The molecule has 3 N–H and O–H groups in total. The van der Waals surface area contributed by atoms with Gasteiger partial charge in [0.25, 0.3) is 0 Å². The Bertz CT molecular complexity index is 603. The van der Waals surface area contributed by atoms with Gasteiger partial charge in [-0.05, 0) is 29.8 Å². The number of hydrogen-bond donors (Lipinski definition) is 2. The number of nitrogens with zero attached hydrogens (tertiary/aromatic N) is 1. The summed E-state index contributed by atoms with van der Waals surface area (Å²) in [6, 6.07) is 17.4. The van der Waals surface area contributed by atoms with Crippen LogP contribution in [0.4, 0.5) is 5.69 Å². The molecule has 0 radical (unpaired) electrons. The molecule has 4 heteroatoms. The second-order valence-electron chi connectivity index (χ2n) is 4.61. The van der Waals surface area contributed by atoms with E-state index < -0.39 is 0 Å². The van der Waals surface area contributed by atoms with Crippen LogP contribution < -0.4 is 11.1 Å². The smallest absolute Gasteiger partial charge is 0.129 e. The van der Waals surface area contributed by atoms with Crippen LogP contribution in [-0.2, 0) is 6.42 Å². The molecule has 0 fully saturated rings. The van der Waals surface area contributed by atoms with E-state index >= 15 is 0 Å². The second kappa shape index (κ2) is 6.52. The highest BCUT2D eigenvalue weighted by Gasteiger charge is 2.06. The predicted octanol–water partition coefficient (Wildman–Crippen LogP) is 3.54. The molecule has 0 spiro atoms. The summed E-state index contributed by atoms with van der Waals surface area (Å²) >= 11 is 0. The molecule has 0 aliphatic rings. The number of benzene rings is 2. The van der Waals surface area contributed by atoms with Crippen molar-refractivity contribution < 1.29 is 0 Å². The number of anilines is 1. The first-order chi connectivity index (χ1) is 9.69. The quantitative estimate of drug-likeness (QED) is 0.814. The Morgan fingerprint density at radius 1 is 1.10 bits per heavy atom. The van der Waals surface area contributed by atoms with Gasteiger partial charge in [0.05, 0.1) is 0 Å². The van der Waals surface area contributed by atoms with Crippen LogP contribution in [0, 0.1) is 11.8 Å². The molecule has 102 valence electrons. The zero-order valence-corrected chi connectivity index (χ0v) is 11.3. The molecule has 0 aliphatic heterocycles. The number of allylic oxidation sites excluding steroid dienone is 1. The molecule has 0 bridgehead atoms. The molecular formula is C16H17N3O. The summed E-state index contributed by atoms with van der Waals surface area (Å²) in [5, 5.41) is 6.04. The number of nitrogens with two attached hydrogens (primary N) is 1. The lowest BCUT2D eigenvalue weighted by Gasteiger charge is -2.09. The van der Waals surface area contributed by atoms with Crippen LogP contribution in [-0.4, -0.2) is 0 Å². The molecule has 4 nitrogen and oxygen atoms in total. The van der Waals surface area contributed by atoms with Gasteiger partial charge in [-0.2, -0.15) is 0 Å². The summed E-state index contributed by atoms with van der Waals surface area (Å²) in [6.07, 6.45) is 0.412. The Morgan fingerprint density at radius 2 is 1.75 bits per heavy atom. The van der Waals surface area contributed by atoms with Crippen molar-refractivity contribution in [1.82, 2.24) is 0 Å². The van der Waals surface area contributed by atoms with Gasteiger partial charge in [0, 0.05) is 12.1 Å². The molecule has 0 aliphatic carbocycles. The van der Waals surface area contributed by atoms with Gasteiger partial charge in [0.1, 0.15) is 11.5 Å². The van der Waals surface area contributed by atoms with Crippen LogP contribution in [0.5, 0.6) is 0 Å². The van der Waals surface area contributed by atoms with E-state index in [0.717, 1.165) is 16.8 Å². The molecule has 0 atom stereocenters. The topological polar surface area (TPSA) is 67.5 Å². The first-order valence-electron chi connectivity index (χ1n) is 6.38. The molecular weight excluding hydrogens is 250 g/mol. The van der Waals surface area contributed by atoms with Gasteiger partial charge in [-0.15, -0.1) is 4.91 Å². The van der Waals surface area contributed by atoms with E-state index in [0.29, 0.717) is 12.1 Å². The highest BCUT2D eigenvalue weighted by molar-refractivity contribution is 5.49. The largest absolute Gasteiger partial charge is 0.384 e. The Morgan fingerprint density at radius 3 is 2.35 bits per heavy atom. The van der Waals surface area contributed by atoms with Gasteiger partial charge in [-0.25, -0.2) is 0 Å². The van der Waals surface area contributed by atoms with E-state index in [1.54, 1.807) is 0 Å². The van der Waals surface area contributed by atoms with Crippen molar-refractivity contribution in [2.45, 2.75) is 13.3 Å². The van der Waals surface area contributed by atoms with Crippen LogP contribution in [0.15, 0.2) is 71.3 Å². The third-order valence-electron chi connectivity index (χ3n) is 2.97. The van der Waals surface area contributed by atoms with Gasteiger partial charge in [-0.3, -0.25) is 0 Å². The first-order valence-corrected chi connectivity index (χ1v) is 6.38. The van der Waals surface area contributed by atoms with Crippen LogP contribution in [0.1, 0.15) is 11.1 Å². The Balaban J connectivity index is 2.15. The molecule has 0 saturated carbocycles. The van der Waals surface area contributed by atoms with E-state index in [4.69, 9.17) is 5.73 Å². The molecule has 2 aromatic carbocycles. The second-order valence-corrected chi connectivity index (χ2v) is 4.61. The van der Waals surface area contributed by atoms with Crippen molar-refractivity contribution in [2.24, 2.45) is 10.9 Å². The Labute approximate surface area is 118 Å². The third kappa shape index (κ3) is 3.68. The van der Waals surface area contributed by atoms with Gasteiger partial charge >= 0.3 is 0 Å². The van der Waals surface area contributed by atoms with Crippen molar-refractivity contribution >= 4 is 5.69 Å². The summed E-state index contributed by atoms with van der Waals surface area (Å²) in [4.78, 5) is 11.0. The lowest BCUT2D eigenvalue weighted by Crippen LogP contribution is -2.13. The molecule has 0 aromatic heterocycles. The van der Waals surface area contributed by atoms with Crippen molar-refractivity contribution in [3.63, 3.8) is 0 Å². The fraction of sp³-hybridized carbons (Fsp3) is 0.125. The first kappa shape index (κ1) is 13.8. The summed E-state index contributed by atoms with van der Waals surface area (Å²) in [5.74, 6) is 0.285. The summed E-state index contributed by atoms with van der Waals surface area (Å²) < 4.78 is 0. The minimum Gasteiger partial charge on any atom is -0.384 e. The third-order valence-corrected chi connectivity index (χ3v) is 2.97. The predicted molar refractivity (Wildman–Crippen MR) is 82.0 cm³/mol. The minimum absolute atomic E-state index is 0.285. The zero-order valence-electron chi connectivity index (χ0n) is 11.3. The number of nitroso groups, excluding NO2 is 1. The minimum atomic E-state index is 0.285. The van der Waals surface area contributed by atoms with Gasteiger partial charge in [0.2, 0.25) is 0 Å². The molecule has 0 heterocycles. The van der Waals surface area contributed by atoms with E-state index in [2.05, 4.69) is 10.5 Å². The summed E-state index contributed by atoms with van der Waals surface area (Å²) in [5.41, 5.74) is 9.22. The SMILES string of the molecule is Cc1ccc(NC(N)=C(Cc2ccccc2)N=O)cc1. The lowest BCUT2D eigenvalue weighted by atomic mass is 10.1. The lowest BCUT2D eigenvalue weighted by molar-refractivity contribution is 1.04. The summed E-state index contributed by atoms with van der Waals surface area (Å²) in [6.45, 7) is 2.01. The molecule has 20 heavy (non-hydrogen) atoms. The maximum absolute atomic E-state index is 11.0. The maximum Gasteiger partial charge on any atom is 0.129 e. The highest BCUT2D eigenvalue weighted by Crippen LogP contribution is 2.15. The van der Waals surface area contributed by atoms with Gasteiger partial charge in [-0.1, -0.05) is 48.0 Å². The Hall–Kier alpha value is -2.62.